The molecule has 0 unspecified atom stereocenters. The van der Waals surface area contributed by atoms with E-state index in [0.717, 1.165) is 41.0 Å². The van der Waals surface area contributed by atoms with E-state index in [9.17, 15) is 4.79 Å². The fraction of sp³-hybridized carbons (Fsp3) is 0.375. The summed E-state index contributed by atoms with van der Waals surface area (Å²) in [5.74, 6) is 0.983. The molecular weight excluding hydrogens is 288 g/mol. The van der Waals surface area contributed by atoms with Crippen LogP contribution in [0.15, 0.2) is 18.2 Å². The summed E-state index contributed by atoms with van der Waals surface area (Å²) in [5, 5.41) is 4.86. The highest BCUT2D eigenvalue weighted by atomic mass is 35.5. The Balaban J connectivity index is 1.86. The van der Waals surface area contributed by atoms with Gasteiger partial charge in [-0.05, 0) is 25.8 Å². The van der Waals surface area contributed by atoms with Gasteiger partial charge in [0.1, 0.15) is 17.5 Å². The molecule has 0 radical (unpaired) electrons. The predicted octanol–water partition coefficient (Wildman–Crippen LogP) is 3.48. The van der Waals surface area contributed by atoms with Crippen LogP contribution in [0, 0.1) is 6.92 Å². The van der Waals surface area contributed by atoms with Crippen molar-refractivity contribution < 1.29 is 9.53 Å². The molecule has 1 aliphatic rings. The second kappa shape index (κ2) is 5.53. The predicted molar refractivity (Wildman–Crippen MR) is 81.0 cm³/mol. The largest absolute Gasteiger partial charge is 0.488 e. The molecule has 0 fully saturated rings. The van der Waals surface area contributed by atoms with Crippen molar-refractivity contribution in [1.29, 1.82) is 0 Å². The van der Waals surface area contributed by atoms with Gasteiger partial charge < -0.3 is 4.74 Å². The number of ether oxygens (including phenoxy) is 1. The minimum Gasteiger partial charge on any atom is -0.488 e. The number of benzene rings is 1. The van der Waals surface area contributed by atoms with Gasteiger partial charge in [0.05, 0.1) is 5.69 Å². The van der Waals surface area contributed by atoms with Gasteiger partial charge >= 0.3 is 0 Å². The molecule has 0 atom stereocenters. The first kappa shape index (κ1) is 14.1. The summed E-state index contributed by atoms with van der Waals surface area (Å²) in [6.45, 7) is 2.28. The van der Waals surface area contributed by atoms with Gasteiger partial charge in [0, 0.05) is 30.2 Å². The zero-order valence-electron chi connectivity index (χ0n) is 12.1. The molecule has 1 heterocycles. The van der Waals surface area contributed by atoms with Crippen LogP contribution in [-0.2, 0) is 20.1 Å². The van der Waals surface area contributed by atoms with E-state index in [-0.39, 0.29) is 5.78 Å². The maximum atomic E-state index is 11.9. The number of Topliss-reactive ketones (excluding diaryl/α,β-unsaturated/α-hetero) is 1. The third kappa shape index (κ3) is 2.56. The van der Waals surface area contributed by atoms with Crippen molar-refractivity contribution in [3.05, 3.63) is 45.7 Å². The summed E-state index contributed by atoms with van der Waals surface area (Å²) in [6.07, 6.45) is 2.40. The number of ketones is 1. The first-order valence-corrected chi connectivity index (χ1v) is 7.41. The van der Waals surface area contributed by atoms with E-state index in [1.165, 1.54) is 0 Å². The van der Waals surface area contributed by atoms with Crippen LogP contribution >= 0.6 is 11.6 Å². The lowest BCUT2D eigenvalue weighted by Crippen LogP contribution is -2.12. The molecule has 2 aromatic rings. The Kier molecular flexibility index (Phi) is 3.72. The van der Waals surface area contributed by atoms with Crippen LogP contribution in [0.5, 0.6) is 5.75 Å². The minimum atomic E-state index is 0.206. The Labute approximate surface area is 128 Å². The molecule has 0 spiro atoms. The van der Waals surface area contributed by atoms with Crippen molar-refractivity contribution in [2.45, 2.75) is 32.8 Å². The molecule has 0 aliphatic heterocycles. The molecule has 0 amide bonds. The number of rotatable bonds is 3. The van der Waals surface area contributed by atoms with Crippen LogP contribution in [0.3, 0.4) is 0 Å². The normalized spacial score (nSPS) is 14.1. The lowest BCUT2D eigenvalue weighted by atomic mass is 9.90. The SMILES string of the molecule is Cc1nn(C)c(Cl)c1COc1cccc2c1CCCC2=O. The van der Waals surface area contributed by atoms with E-state index in [0.29, 0.717) is 18.2 Å². The quantitative estimate of drug-likeness (QED) is 0.872. The van der Waals surface area contributed by atoms with Crippen molar-refractivity contribution >= 4 is 17.4 Å². The average Bonchev–Trinajstić information content (AvgIpc) is 2.71. The molecule has 0 saturated carbocycles. The minimum absolute atomic E-state index is 0.206. The smallest absolute Gasteiger partial charge is 0.163 e. The van der Waals surface area contributed by atoms with Crippen molar-refractivity contribution in [2.24, 2.45) is 7.05 Å². The fourth-order valence-corrected chi connectivity index (χ4v) is 3.00. The van der Waals surface area contributed by atoms with Crippen molar-refractivity contribution in [3.63, 3.8) is 0 Å². The molecule has 110 valence electrons. The highest BCUT2D eigenvalue weighted by molar-refractivity contribution is 6.30. The number of carbonyl (C=O) groups excluding carboxylic acids is 1. The first-order chi connectivity index (χ1) is 10.1. The molecule has 1 aliphatic carbocycles. The number of nitrogens with zero attached hydrogens (tertiary/aromatic N) is 2. The van der Waals surface area contributed by atoms with Crippen molar-refractivity contribution in [2.75, 3.05) is 0 Å². The standard InChI is InChI=1S/C16H17ClN2O2/c1-10-13(16(17)19(2)18-10)9-21-15-8-4-5-11-12(15)6-3-7-14(11)20/h4-5,8H,3,6-7,9H2,1-2H3. The second-order valence-corrected chi connectivity index (χ2v) is 5.68. The molecule has 1 aromatic heterocycles. The summed E-state index contributed by atoms with van der Waals surface area (Å²) >= 11 is 6.21. The van der Waals surface area contributed by atoms with E-state index in [2.05, 4.69) is 5.10 Å². The zero-order valence-corrected chi connectivity index (χ0v) is 12.9. The third-order valence-electron chi connectivity index (χ3n) is 3.91. The lowest BCUT2D eigenvalue weighted by Gasteiger charge is -2.18. The monoisotopic (exact) mass is 304 g/mol. The molecule has 5 heteroatoms. The average molecular weight is 305 g/mol. The van der Waals surface area contributed by atoms with Gasteiger partial charge in [0.15, 0.2) is 5.78 Å². The molecule has 1 aromatic carbocycles. The number of fused-ring (bicyclic) bond motifs is 1. The summed E-state index contributed by atoms with van der Waals surface area (Å²) in [4.78, 5) is 11.9. The Bertz CT molecular complexity index is 707. The van der Waals surface area contributed by atoms with Gasteiger partial charge in [0.2, 0.25) is 0 Å². The van der Waals surface area contributed by atoms with E-state index < -0.39 is 0 Å². The van der Waals surface area contributed by atoms with Crippen molar-refractivity contribution in [3.8, 4) is 5.75 Å². The Morgan fingerprint density at radius 3 is 2.90 bits per heavy atom. The van der Waals surface area contributed by atoms with E-state index in [4.69, 9.17) is 16.3 Å². The van der Waals surface area contributed by atoms with Gasteiger partial charge in [-0.3, -0.25) is 9.48 Å². The molecule has 0 saturated heterocycles. The van der Waals surface area contributed by atoms with Gasteiger partial charge in [-0.1, -0.05) is 23.7 Å². The maximum Gasteiger partial charge on any atom is 0.163 e. The Hall–Kier alpha value is -1.81. The Morgan fingerprint density at radius 1 is 1.38 bits per heavy atom. The molecule has 3 rings (SSSR count). The first-order valence-electron chi connectivity index (χ1n) is 7.04. The topological polar surface area (TPSA) is 44.1 Å². The van der Waals surface area contributed by atoms with Crippen LogP contribution in [0.4, 0.5) is 0 Å². The highest BCUT2D eigenvalue weighted by Gasteiger charge is 2.21. The number of hydrogen-bond acceptors (Lipinski definition) is 3. The van der Waals surface area contributed by atoms with Crippen LogP contribution in [-0.4, -0.2) is 15.6 Å². The number of hydrogen-bond donors (Lipinski definition) is 0. The molecule has 4 nitrogen and oxygen atoms in total. The summed E-state index contributed by atoms with van der Waals surface area (Å²) in [5.41, 5.74) is 3.57. The molecule has 0 N–H and O–H groups in total. The van der Waals surface area contributed by atoms with Gasteiger partial charge in [-0.25, -0.2) is 0 Å². The van der Waals surface area contributed by atoms with Gasteiger partial charge in [-0.2, -0.15) is 5.10 Å². The number of carbonyl (C=O) groups is 1. The Morgan fingerprint density at radius 2 is 2.19 bits per heavy atom. The zero-order chi connectivity index (χ0) is 15.0. The molecule has 0 bridgehead atoms. The van der Waals surface area contributed by atoms with E-state index in [1.807, 2.05) is 32.2 Å². The summed E-state index contributed by atoms with van der Waals surface area (Å²) in [6, 6.07) is 5.66. The van der Waals surface area contributed by atoms with E-state index in [1.54, 1.807) is 4.68 Å². The molecule has 21 heavy (non-hydrogen) atoms. The number of aryl methyl sites for hydroxylation is 2. The van der Waals surface area contributed by atoms with E-state index >= 15 is 0 Å². The summed E-state index contributed by atoms with van der Waals surface area (Å²) in [7, 11) is 1.81. The lowest BCUT2D eigenvalue weighted by molar-refractivity contribution is 0.0971. The maximum absolute atomic E-state index is 11.9. The van der Waals surface area contributed by atoms with Gasteiger partial charge in [0.25, 0.3) is 0 Å². The van der Waals surface area contributed by atoms with Crippen LogP contribution in [0.1, 0.15) is 40.0 Å². The third-order valence-corrected chi connectivity index (χ3v) is 4.38. The highest BCUT2D eigenvalue weighted by Crippen LogP contribution is 2.30. The number of halogens is 1. The number of aromatic nitrogens is 2. The fourth-order valence-electron chi connectivity index (χ4n) is 2.77. The van der Waals surface area contributed by atoms with Crippen LogP contribution < -0.4 is 4.74 Å². The molecular formula is C16H17ClN2O2. The summed E-state index contributed by atoms with van der Waals surface area (Å²) < 4.78 is 7.56. The van der Waals surface area contributed by atoms with Gasteiger partial charge in [-0.15, -0.1) is 0 Å². The van der Waals surface area contributed by atoms with Crippen LogP contribution in [0.25, 0.3) is 0 Å². The van der Waals surface area contributed by atoms with Crippen molar-refractivity contribution in [1.82, 2.24) is 9.78 Å². The van der Waals surface area contributed by atoms with Crippen LogP contribution in [0.2, 0.25) is 5.15 Å². The second-order valence-electron chi connectivity index (χ2n) is 5.33.